The number of fused-ring (bicyclic) bond motifs is 1. The minimum absolute atomic E-state index is 0.303. The number of nitrogens with zero attached hydrogens (tertiary/aromatic N) is 2. The molecular weight excluding hydrogens is 400 g/mol. The van der Waals surface area contributed by atoms with Crippen LogP contribution in [0.1, 0.15) is 30.0 Å². The Bertz CT molecular complexity index is 753. The number of aromatic nitrogens is 2. The lowest BCUT2D eigenvalue weighted by Gasteiger charge is -2.16. The highest BCUT2D eigenvalue weighted by atomic mass is 79.9. The number of hydrogen-bond acceptors (Lipinski definition) is 4. The molecule has 138 valence electrons. The molecule has 25 heavy (non-hydrogen) atoms. The van der Waals surface area contributed by atoms with Crippen LogP contribution in [0.2, 0.25) is 25.7 Å². The van der Waals surface area contributed by atoms with Gasteiger partial charge in [-0.1, -0.05) is 42.5 Å². The molecule has 0 bridgehead atoms. The molecule has 1 aromatic carbocycles. The van der Waals surface area contributed by atoms with Gasteiger partial charge in [0, 0.05) is 19.2 Å². The van der Waals surface area contributed by atoms with E-state index in [-0.39, 0.29) is 0 Å². The van der Waals surface area contributed by atoms with Gasteiger partial charge in [0.25, 0.3) is 0 Å². The molecule has 5 nitrogen and oxygen atoms in total. The van der Waals surface area contributed by atoms with E-state index in [1.807, 2.05) is 16.7 Å². The van der Waals surface area contributed by atoms with Crippen molar-refractivity contribution in [2.75, 3.05) is 13.2 Å². The molecule has 0 atom stereocenters. The second-order valence-electron chi connectivity index (χ2n) is 7.18. The van der Waals surface area contributed by atoms with Crippen LogP contribution in [0.4, 0.5) is 0 Å². The van der Waals surface area contributed by atoms with Gasteiger partial charge in [-0.3, -0.25) is 4.57 Å². The van der Waals surface area contributed by atoms with Gasteiger partial charge in [-0.05, 0) is 37.1 Å². The molecule has 0 unspecified atom stereocenters. The normalized spacial score (nSPS) is 11.9. The summed E-state index contributed by atoms with van der Waals surface area (Å²) in [6.07, 6.45) is 0.827. The molecule has 0 aliphatic carbocycles. The van der Waals surface area contributed by atoms with Crippen molar-refractivity contribution in [1.82, 2.24) is 9.55 Å². The Balaban J connectivity index is 2.37. The summed E-state index contributed by atoms with van der Waals surface area (Å²) in [5, 5.41) is 0. The minimum atomic E-state index is -1.15. The number of carbonyl (C=O) groups is 1. The molecule has 0 saturated carbocycles. The second-order valence-corrected chi connectivity index (χ2v) is 13.7. The molecule has 0 amide bonds. The average Bonchev–Trinajstić information content (AvgIpc) is 2.89. The fourth-order valence-corrected chi connectivity index (χ4v) is 3.93. The van der Waals surface area contributed by atoms with Gasteiger partial charge in [0.15, 0.2) is 0 Å². The van der Waals surface area contributed by atoms with E-state index in [0.717, 1.165) is 33.5 Å². The number of rotatable bonds is 8. The molecule has 0 N–H and O–H groups in total. The first-order chi connectivity index (χ1) is 11.8. The largest absolute Gasteiger partial charge is 0.460 e. The topological polar surface area (TPSA) is 53.3 Å². The molecule has 1 aromatic heterocycles. The van der Waals surface area contributed by atoms with Gasteiger partial charge < -0.3 is 9.47 Å². The highest BCUT2D eigenvalue weighted by Gasteiger charge is 2.21. The molecule has 0 saturated heterocycles. The summed E-state index contributed by atoms with van der Waals surface area (Å²) in [7, 11) is -1.15. The van der Waals surface area contributed by atoms with Gasteiger partial charge >= 0.3 is 5.97 Å². The number of carbonyl (C=O) groups excluding carboxylic acids is 1. The predicted molar refractivity (Wildman–Crippen MR) is 107 cm³/mol. The van der Waals surface area contributed by atoms with Crippen LogP contribution in [0, 0.1) is 0 Å². The van der Waals surface area contributed by atoms with E-state index in [1.165, 1.54) is 0 Å². The minimum Gasteiger partial charge on any atom is -0.460 e. The SMILES string of the molecule is CCOC(=O)c1nc2c(CC)c(Br)ccc2n1COCC[Si](C)(C)C. The Labute approximate surface area is 158 Å². The van der Waals surface area contributed by atoms with E-state index in [9.17, 15) is 4.79 Å². The van der Waals surface area contributed by atoms with Crippen molar-refractivity contribution in [3.63, 3.8) is 0 Å². The molecule has 0 radical (unpaired) electrons. The van der Waals surface area contributed by atoms with Gasteiger partial charge in [0.05, 0.1) is 17.6 Å². The molecule has 0 fully saturated rings. The van der Waals surface area contributed by atoms with Gasteiger partial charge in [0.1, 0.15) is 6.73 Å². The van der Waals surface area contributed by atoms with Crippen LogP contribution in [0.3, 0.4) is 0 Å². The molecule has 2 aromatic rings. The first-order valence-electron chi connectivity index (χ1n) is 8.71. The van der Waals surface area contributed by atoms with Crippen molar-refractivity contribution >= 4 is 41.0 Å². The summed E-state index contributed by atoms with van der Waals surface area (Å²) in [5.41, 5.74) is 2.81. The lowest BCUT2D eigenvalue weighted by Crippen LogP contribution is -2.22. The summed E-state index contributed by atoms with van der Waals surface area (Å²) in [6, 6.07) is 5.05. The quantitative estimate of drug-likeness (QED) is 0.343. The highest BCUT2D eigenvalue weighted by molar-refractivity contribution is 9.10. The maximum absolute atomic E-state index is 12.3. The lowest BCUT2D eigenvalue weighted by molar-refractivity contribution is 0.0468. The Morgan fingerprint density at radius 1 is 1.28 bits per heavy atom. The van der Waals surface area contributed by atoms with Crippen molar-refractivity contribution in [3.8, 4) is 0 Å². The number of imidazole rings is 1. The second kappa shape index (κ2) is 8.47. The molecule has 1 heterocycles. The van der Waals surface area contributed by atoms with Crippen LogP contribution >= 0.6 is 15.9 Å². The van der Waals surface area contributed by atoms with Crippen LogP contribution in [0.15, 0.2) is 16.6 Å². The first-order valence-corrected chi connectivity index (χ1v) is 13.2. The van der Waals surface area contributed by atoms with E-state index in [2.05, 4.69) is 47.5 Å². The number of esters is 1. The van der Waals surface area contributed by atoms with Crippen LogP contribution in [0.25, 0.3) is 11.0 Å². The maximum Gasteiger partial charge on any atom is 0.374 e. The number of ether oxygens (including phenoxy) is 2. The van der Waals surface area contributed by atoms with E-state index < -0.39 is 14.0 Å². The fraction of sp³-hybridized carbons (Fsp3) is 0.556. The summed E-state index contributed by atoms with van der Waals surface area (Å²) in [6.45, 7) is 12.1. The molecular formula is C18H27BrN2O3Si. The molecule has 7 heteroatoms. The van der Waals surface area contributed by atoms with Crippen molar-refractivity contribution in [1.29, 1.82) is 0 Å². The first kappa shape index (κ1) is 20.1. The summed E-state index contributed by atoms with van der Waals surface area (Å²) in [5.74, 6) is -0.108. The Hall–Kier alpha value is -1.18. The van der Waals surface area contributed by atoms with Crippen molar-refractivity contribution in [2.24, 2.45) is 0 Å². The number of benzene rings is 1. The zero-order valence-corrected chi connectivity index (χ0v) is 18.3. The predicted octanol–water partition coefficient (Wildman–Crippen LogP) is 4.85. The maximum atomic E-state index is 12.3. The van der Waals surface area contributed by atoms with Gasteiger partial charge in [-0.15, -0.1) is 0 Å². The van der Waals surface area contributed by atoms with Gasteiger partial charge in [0.2, 0.25) is 5.82 Å². The third-order valence-corrected chi connectivity index (χ3v) is 6.44. The fourth-order valence-electron chi connectivity index (χ4n) is 2.57. The average molecular weight is 427 g/mol. The summed E-state index contributed by atoms with van der Waals surface area (Å²) < 4.78 is 13.9. The van der Waals surface area contributed by atoms with Gasteiger partial charge in [-0.2, -0.15) is 0 Å². The number of halogens is 1. The van der Waals surface area contributed by atoms with E-state index in [4.69, 9.17) is 9.47 Å². The zero-order chi connectivity index (χ0) is 18.6. The van der Waals surface area contributed by atoms with Gasteiger partial charge in [-0.25, -0.2) is 9.78 Å². The van der Waals surface area contributed by atoms with Crippen LogP contribution in [-0.2, 0) is 22.6 Å². The van der Waals surface area contributed by atoms with Crippen molar-refractivity contribution in [2.45, 2.75) is 52.7 Å². The van der Waals surface area contributed by atoms with Crippen LogP contribution in [0.5, 0.6) is 0 Å². The monoisotopic (exact) mass is 426 g/mol. The van der Waals surface area contributed by atoms with E-state index >= 15 is 0 Å². The van der Waals surface area contributed by atoms with Crippen molar-refractivity contribution < 1.29 is 14.3 Å². The summed E-state index contributed by atoms with van der Waals surface area (Å²) in [4.78, 5) is 16.9. The van der Waals surface area contributed by atoms with E-state index in [1.54, 1.807) is 6.92 Å². The molecule has 0 aliphatic heterocycles. The number of hydrogen-bond donors (Lipinski definition) is 0. The highest BCUT2D eigenvalue weighted by Crippen LogP contribution is 2.28. The molecule has 0 spiro atoms. The summed E-state index contributed by atoms with van der Waals surface area (Å²) >= 11 is 3.57. The Morgan fingerprint density at radius 3 is 2.60 bits per heavy atom. The Kier molecular flexibility index (Phi) is 6.82. The number of aryl methyl sites for hydroxylation is 1. The van der Waals surface area contributed by atoms with E-state index in [0.29, 0.717) is 25.8 Å². The van der Waals surface area contributed by atoms with Crippen molar-refractivity contribution in [3.05, 3.63) is 28.0 Å². The lowest BCUT2D eigenvalue weighted by atomic mass is 10.1. The third-order valence-electron chi connectivity index (χ3n) is 4.00. The standard InChI is InChI=1S/C18H27BrN2O3Si/c1-6-13-14(19)8-9-15-16(13)20-17(18(22)24-7-2)21(15)12-23-10-11-25(3,4)5/h8-9H,6-7,10-12H2,1-5H3. The van der Waals surface area contributed by atoms with Crippen LogP contribution < -0.4 is 0 Å². The smallest absolute Gasteiger partial charge is 0.374 e. The molecule has 0 aliphatic rings. The van der Waals surface area contributed by atoms with Crippen LogP contribution in [-0.4, -0.2) is 36.8 Å². The third kappa shape index (κ3) is 4.92. The Morgan fingerprint density at radius 2 is 2.00 bits per heavy atom. The zero-order valence-electron chi connectivity index (χ0n) is 15.7. The molecule has 2 rings (SSSR count).